The van der Waals surface area contributed by atoms with Gasteiger partial charge in [0.25, 0.3) is 0 Å². The summed E-state index contributed by atoms with van der Waals surface area (Å²) in [5, 5.41) is -0.430. The molecule has 1 saturated heterocycles. The van der Waals surface area contributed by atoms with Crippen LogP contribution in [0.15, 0.2) is 0 Å². The maximum absolute atomic E-state index is 11.6. The van der Waals surface area contributed by atoms with Crippen molar-refractivity contribution >= 4 is 17.5 Å². The normalized spacial score (nSPS) is 30.1. The number of alkyl halides is 1. The van der Waals surface area contributed by atoms with E-state index in [2.05, 4.69) is 6.92 Å². The Kier molecular flexibility index (Phi) is 4.20. The zero-order chi connectivity index (χ0) is 10.7. The first-order valence-corrected chi connectivity index (χ1v) is 5.45. The van der Waals surface area contributed by atoms with Crippen molar-refractivity contribution in [2.75, 3.05) is 20.2 Å². The number of amides is 1. The van der Waals surface area contributed by atoms with Crippen molar-refractivity contribution in [3.8, 4) is 0 Å². The van der Waals surface area contributed by atoms with Gasteiger partial charge in [0.05, 0.1) is 6.10 Å². The molecule has 1 aliphatic rings. The molecule has 1 rings (SSSR count). The van der Waals surface area contributed by atoms with Gasteiger partial charge in [-0.25, -0.2) is 0 Å². The quantitative estimate of drug-likeness (QED) is 0.659. The number of carbonyl (C=O) groups is 1. The van der Waals surface area contributed by atoms with Crippen LogP contribution in [0.5, 0.6) is 0 Å². The van der Waals surface area contributed by atoms with Crippen molar-refractivity contribution in [2.45, 2.75) is 31.7 Å². The number of likely N-dealkylation sites (tertiary alicyclic amines) is 1. The average Bonchev–Trinajstić information content (AvgIpc) is 2.17. The van der Waals surface area contributed by atoms with E-state index < -0.39 is 5.38 Å². The Morgan fingerprint density at radius 1 is 1.64 bits per heavy atom. The molecule has 3 nitrogen and oxygen atoms in total. The van der Waals surface area contributed by atoms with Crippen LogP contribution in [0.3, 0.4) is 0 Å². The highest BCUT2D eigenvalue weighted by atomic mass is 35.5. The van der Waals surface area contributed by atoms with E-state index in [9.17, 15) is 4.79 Å². The van der Waals surface area contributed by atoms with Crippen molar-refractivity contribution < 1.29 is 9.53 Å². The molecule has 4 heteroatoms. The van der Waals surface area contributed by atoms with Crippen LogP contribution in [-0.2, 0) is 9.53 Å². The minimum Gasteiger partial charge on any atom is -0.379 e. The first kappa shape index (κ1) is 11.8. The summed E-state index contributed by atoms with van der Waals surface area (Å²) >= 11 is 5.76. The fraction of sp³-hybridized carbons (Fsp3) is 0.900. The molecule has 82 valence electrons. The Labute approximate surface area is 90.4 Å². The lowest BCUT2D eigenvalue weighted by molar-refractivity contribution is -0.135. The third kappa shape index (κ3) is 2.61. The van der Waals surface area contributed by atoms with E-state index >= 15 is 0 Å². The minimum atomic E-state index is -0.430. The molecule has 0 aromatic rings. The van der Waals surface area contributed by atoms with E-state index in [1.54, 1.807) is 18.9 Å². The van der Waals surface area contributed by atoms with Gasteiger partial charge in [-0.1, -0.05) is 6.92 Å². The molecule has 1 fully saturated rings. The maximum atomic E-state index is 11.6. The molecule has 0 aromatic carbocycles. The van der Waals surface area contributed by atoms with Crippen LogP contribution in [0.4, 0.5) is 0 Å². The molecular formula is C10H18ClNO2. The van der Waals surface area contributed by atoms with Crippen LogP contribution in [0.1, 0.15) is 20.3 Å². The van der Waals surface area contributed by atoms with Crippen molar-refractivity contribution in [3.63, 3.8) is 0 Å². The van der Waals surface area contributed by atoms with Crippen LogP contribution in [0.2, 0.25) is 0 Å². The molecule has 0 spiro atoms. The topological polar surface area (TPSA) is 29.5 Å². The van der Waals surface area contributed by atoms with Gasteiger partial charge in [-0.05, 0) is 19.3 Å². The first-order chi connectivity index (χ1) is 6.56. The lowest BCUT2D eigenvalue weighted by Crippen LogP contribution is -2.48. The monoisotopic (exact) mass is 219 g/mol. The van der Waals surface area contributed by atoms with Gasteiger partial charge in [0.1, 0.15) is 5.38 Å². The molecule has 0 saturated carbocycles. The highest BCUT2D eigenvalue weighted by Crippen LogP contribution is 2.20. The van der Waals surface area contributed by atoms with Gasteiger partial charge in [0, 0.05) is 20.2 Å². The zero-order valence-electron chi connectivity index (χ0n) is 9.00. The zero-order valence-corrected chi connectivity index (χ0v) is 9.75. The average molecular weight is 220 g/mol. The molecular weight excluding hydrogens is 202 g/mol. The summed E-state index contributed by atoms with van der Waals surface area (Å²) in [7, 11) is 1.69. The van der Waals surface area contributed by atoms with Gasteiger partial charge in [-0.15, -0.1) is 11.6 Å². The summed E-state index contributed by atoms with van der Waals surface area (Å²) in [6, 6.07) is 0. The minimum absolute atomic E-state index is 0.0145. The second kappa shape index (κ2) is 4.99. The summed E-state index contributed by atoms with van der Waals surface area (Å²) in [4.78, 5) is 13.4. The van der Waals surface area contributed by atoms with Gasteiger partial charge >= 0.3 is 0 Å². The van der Waals surface area contributed by atoms with Crippen LogP contribution >= 0.6 is 11.6 Å². The summed E-state index contributed by atoms with van der Waals surface area (Å²) in [5.41, 5.74) is 0. The van der Waals surface area contributed by atoms with E-state index in [-0.39, 0.29) is 12.0 Å². The Morgan fingerprint density at radius 3 is 2.79 bits per heavy atom. The maximum Gasteiger partial charge on any atom is 0.240 e. The van der Waals surface area contributed by atoms with Crippen molar-refractivity contribution in [3.05, 3.63) is 0 Å². The lowest BCUT2D eigenvalue weighted by atomic mass is 9.95. The highest BCUT2D eigenvalue weighted by molar-refractivity contribution is 6.30. The summed E-state index contributed by atoms with van der Waals surface area (Å²) in [6.07, 6.45) is 1.15. The fourth-order valence-corrected chi connectivity index (χ4v) is 1.93. The van der Waals surface area contributed by atoms with E-state index in [4.69, 9.17) is 16.3 Å². The van der Waals surface area contributed by atoms with E-state index in [0.29, 0.717) is 12.5 Å². The third-order valence-corrected chi connectivity index (χ3v) is 3.03. The Balaban J connectivity index is 2.54. The number of carbonyl (C=O) groups excluding carboxylic acids is 1. The van der Waals surface area contributed by atoms with Crippen molar-refractivity contribution in [1.82, 2.24) is 4.90 Å². The molecule has 1 amide bonds. The van der Waals surface area contributed by atoms with Crippen LogP contribution < -0.4 is 0 Å². The Morgan fingerprint density at radius 2 is 2.29 bits per heavy atom. The standard InChI is InChI=1S/C10H18ClNO2/c1-7-4-5-12(6-9(7)14-3)10(13)8(2)11/h7-9H,4-6H2,1-3H3. The molecule has 1 heterocycles. The van der Waals surface area contributed by atoms with Gasteiger partial charge < -0.3 is 9.64 Å². The SMILES string of the molecule is COC1CN(C(=O)C(C)Cl)CCC1C. The van der Waals surface area contributed by atoms with Crippen LogP contribution in [-0.4, -0.2) is 42.5 Å². The van der Waals surface area contributed by atoms with E-state index in [0.717, 1.165) is 13.0 Å². The predicted molar refractivity (Wildman–Crippen MR) is 56.5 cm³/mol. The molecule has 14 heavy (non-hydrogen) atoms. The number of halogens is 1. The van der Waals surface area contributed by atoms with Crippen LogP contribution in [0.25, 0.3) is 0 Å². The van der Waals surface area contributed by atoms with Crippen LogP contribution in [0, 0.1) is 5.92 Å². The highest BCUT2D eigenvalue weighted by Gasteiger charge is 2.29. The van der Waals surface area contributed by atoms with Gasteiger partial charge in [-0.2, -0.15) is 0 Å². The lowest BCUT2D eigenvalue weighted by Gasteiger charge is -2.36. The largest absolute Gasteiger partial charge is 0.379 e. The second-order valence-corrected chi connectivity index (χ2v) is 4.60. The molecule has 0 aromatic heterocycles. The van der Waals surface area contributed by atoms with E-state index in [1.807, 2.05) is 0 Å². The van der Waals surface area contributed by atoms with Crippen molar-refractivity contribution in [1.29, 1.82) is 0 Å². The number of nitrogens with zero attached hydrogens (tertiary/aromatic N) is 1. The number of hydrogen-bond donors (Lipinski definition) is 0. The molecule has 3 unspecified atom stereocenters. The predicted octanol–water partition coefficient (Wildman–Crippen LogP) is 1.50. The van der Waals surface area contributed by atoms with Crippen molar-refractivity contribution in [2.24, 2.45) is 5.92 Å². The summed E-state index contributed by atoms with van der Waals surface area (Å²) in [6.45, 7) is 5.34. The van der Waals surface area contributed by atoms with Gasteiger partial charge in [0.15, 0.2) is 0 Å². The molecule has 0 bridgehead atoms. The second-order valence-electron chi connectivity index (χ2n) is 3.94. The Bertz CT molecular complexity index is 208. The summed E-state index contributed by atoms with van der Waals surface area (Å²) in [5.74, 6) is 0.537. The number of rotatable bonds is 2. The number of methoxy groups -OCH3 is 1. The molecule has 0 N–H and O–H groups in total. The number of hydrogen-bond acceptors (Lipinski definition) is 2. The number of piperidine rings is 1. The molecule has 3 atom stereocenters. The molecule has 1 aliphatic heterocycles. The smallest absolute Gasteiger partial charge is 0.240 e. The van der Waals surface area contributed by atoms with E-state index in [1.165, 1.54) is 0 Å². The first-order valence-electron chi connectivity index (χ1n) is 5.02. The fourth-order valence-electron chi connectivity index (χ4n) is 1.79. The van der Waals surface area contributed by atoms with Gasteiger partial charge in [-0.3, -0.25) is 4.79 Å². The van der Waals surface area contributed by atoms with Gasteiger partial charge in [0.2, 0.25) is 5.91 Å². The third-order valence-electron chi connectivity index (χ3n) is 2.84. The Hall–Kier alpha value is -0.280. The molecule has 0 aliphatic carbocycles. The molecule has 0 radical (unpaired) electrons. The summed E-state index contributed by atoms with van der Waals surface area (Å²) < 4.78 is 5.33. The number of ether oxygens (including phenoxy) is 1.